The van der Waals surface area contributed by atoms with Crippen LogP contribution in [-0.4, -0.2) is 24.5 Å². The molecule has 130 valence electrons. The Morgan fingerprint density at radius 1 is 1.28 bits per heavy atom. The zero-order valence-electron chi connectivity index (χ0n) is 14.0. The van der Waals surface area contributed by atoms with Crippen molar-refractivity contribution in [1.82, 2.24) is 10.3 Å². The van der Waals surface area contributed by atoms with Crippen LogP contribution in [0.5, 0.6) is 5.75 Å². The molecule has 0 atom stereocenters. The second kappa shape index (κ2) is 7.15. The first-order chi connectivity index (χ1) is 12.0. The van der Waals surface area contributed by atoms with Crippen molar-refractivity contribution in [3.63, 3.8) is 0 Å². The molecule has 0 saturated heterocycles. The average Bonchev–Trinajstić information content (AvgIpc) is 2.95. The Balaban J connectivity index is 2.11. The number of benzene rings is 2. The summed E-state index contributed by atoms with van der Waals surface area (Å²) in [5.41, 5.74) is 3.61. The summed E-state index contributed by atoms with van der Waals surface area (Å²) in [6.07, 6.45) is 0.622. The minimum Gasteiger partial charge on any atom is -0.497 e. The van der Waals surface area contributed by atoms with Crippen LogP contribution in [0.1, 0.15) is 12.5 Å². The quantitative estimate of drug-likeness (QED) is 0.712. The van der Waals surface area contributed by atoms with Crippen molar-refractivity contribution < 1.29 is 13.9 Å². The summed E-state index contributed by atoms with van der Waals surface area (Å²) in [5, 5.41) is 3.88. The summed E-state index contributed by atoms with van der Waals surface area (Å²) < 4.78 is 18.8. The van der Waals surface area contributed by atoms with E-state index in [0.29, 0.717) is 13.0 Å². The number of hydrogen-bond acceptors (Lipinski definition) is 2. The summed E-state index contributed by atoms with van der Waals surface area (Å²) in [6.45, 7) is 1.99. The molecule has 0 aliphatic heterocycles. The number of aromatic amines is 1. The normalized spacial score (nSPS) is 10.9. The average molecular weight is 361 g/mol. The summed E-state index contributed by atoms with van der Waals surface area (Å²) in [5.74, 6) is 0.211. The number of carbonyl (C=O) groups is 1. The minimum absolute atomic E-state index is 0.0709. The van der Waals surface area contributed by atoms with E-state index >= 15 is 0 Å². The second-order valence-electron chi connectivity index (χ2n) is 5.75. The van der Waals surface area contributed by atoms with Crippen molar-refractivity contribution in [2.75, 3.05) is 13.7 Å². The predicted molar refractivity (Wildman–Crippen MR) is 97.6 cm³/mol. The van der Waals surface area contributed by atoms with Crippen molar-refractivity contribution in [2.24, 2.45) is 0 Å². The molecule has 0 unspecified atom stereocenters. The highest BCUT2D eigenvalue weighted by Crippen LogP contribution is 2.34. The number of amides is 1. The van der Waals surface area contributed by atoms with Gasteiger partial charge in [-0.15, -0.1) is 0 Å². The maximum Gasteiger partial charge on any atom is 0.216 e. The fourth-order valence-corrected chi connectivity index (χ4v) is 3.06. The Bertz CT molecular complexity index is 937. The van der Waals surface area contributed by atoms with E-state index in [1.807, 2.05) is 18.2 Å². The molecule has 25 heavy (non-hydrogen) atoms. The molecular formula is C19H18ClFN2O2. The highest BCUT2D eigenvalue weighted by atomic mass is 35.5. The summed E-state index contributed by atoms with van der Waals surface area (Å²) in [4.78, 5) is 14.5. The Morgan fingerprint density at radius 2 is 2.08 bits per heavy atom. The van der Waals surface area contributed by atoms with Gasteiger partial charge in [-0.2, -0.15) is 0 Å². The van der Waals surface area contributed by atoms with Crippen LogP contribution < -0.4 is 10.1 Å². The molecule has 3 aromatic rings. The van der Waals surface area contributed by atoms with Crippen molar-refractivity contribution in [3.05, 3.63) is 52.8 Å². The lowest BCUT2D eigenvalue weighted by molar-refractivity contribution is -0.118. The van der Waals surface area contributed by atoms with E-state index in [0.717, 1.165) is 33.5 Å². The molecule has 1 amide bonds. The second-order valence-corrected chi connectivity index (χ2v) is 6.16. The van der Waals surface area contributed by atoms with Crippen molar-refractivity contribution in [1.29, 1.82) is 0 Å². The number of hydrogen-bond donors (Lipinski definition) is 2. The van der Waals surface area contributed by atoms with Crippen molar-refractivity contribution in [2.45, 2.75) is 13.3 Å². The zero-order chi connectivity index (χ0) is 18.0. The van der Waals surface area contributed by atoms with Crippen LogP contribution in [0.15, 0.2) is 36.4 Å². The number of carbonyl (C=O) groups excluding carboxylic acids is 1. The van der Waals surface area contributed by atoms with Crippen LogP contribution in [0.3, 0.4) is 0 Å². The van der Waals surface area contributed by atoms with E-state index in [-0.39, 0.29) is 10.9 Å². The number of rotatable bonds is 5. The van der Waals surface area contributed by atoms with Crippen LogP contribution >= 0.6 is 11.6 Å². The maximum absolute atomic E-state index is 13.5. The predicted octanol–water partition coefficient (Wildman–Crippen LogP) is 4.31. The molecule has 0 fully saturated rings. The largest absolute Gasteiger partial charge is 0.497 e. The fraction of sp³-hybridized carbons (Fsp3) is 0.211. The number of fused-ring (bicyclic) bond motifs is 1. The van der Waals surface area contributed by atoms with E-state index in [4.69, 9.17) is 16.3 Å². The number of halogens is 2. The molecule has 4 nitrogen and oxygen atoms in total. The third-order valence-corrected chi connectivity index (χ3v) is 4.36. The fourth-order valence-electron chi connectivity index (χ4n) is 2.88. The van der Waals surface area contributed by atoms with Gasteiger partial charge in [0.25, 0.3) is 0 Å². The smallest absolute Gasteiger partial charge is 0.216 e. The van der Waals surface area contributed by atoms with Gasteiger partial charge in [0.15, 0.2) is 0 Å². The van der Waals surface area contributed by atoms with Crippen LogP contribution in [0.25, 0.3) is 22.2 Å². The van der Waals surface area contributed by atoms with Gasteiger partial charge in [0.05, 0.1) is 12.1 Å². The van der Waals surface area contributed by atoms with Crippen molar-refractivity contribution >= 4 is 28.4 Å². The molecule has 3 rings (SSSR count). The van der Waals surface area contributed by atoms with Gasteiger partial charge in [-0.3, -0.25) is 4.79 Å². The highest BCUT2D eigenvalue weighted by Gasteiger charge is 2.15. The molecule has 2 N–H and O–H groups in total. The zero-order valence-corrected chi connectivity index (χ0v) is 14.7. The first kappa shape index (κ1) is 17.3. The molecule has 1 aromatic heterocycles. The van der Waals surface area contributed by atoms with Gasteiger partial charge in [0, 0.05) is 30.1 Å². The van der Waals surface area contributed by atoms with Gasteiger partial charge in [-0.1, -0.05) is 11.6 Å². The standard InChI is InChI=1S/C19H18ClFN2O2/c1-11(24)22-8-7-14-15-10-13(25-2)4-6-18(15)23-19(14)12-3-5-17(21)16(20)9-12/h3-6,9-10,23H,7-8H2,1-2H3,(H,22,24). The maximum atomic E-state index is 13.5. The van der Waals surface area contributed by atoms with Gasteiger partial charge in [0.1, 0.15) is 11.6 Å². The number of ether oxygens (including phenoxy) is 1. The molecular weight excluding hydrogens is 343 g/mol. The molecule has 0 aliphatic carbocycles. The van der Waals surface area contributed by atoms with Gasteiger partial charge in [-0.25, -0.2) is 4.39 Å². The molecule has 2 aromatic carbocycles. The lowest BCUT2D eigenvalue weighted by atomic mass is 10.0. The molecule has 0 saturated carbocycles. The monoisotopic (exact) mass is 360 g/mol. The van der Waals surface area contributed by atoms with Crippen LogP contribution in [0.4, 0.5) is 4.39 Å². The first-order valence-corrected chi connectivity index (χ1v) is 8.26. The Kier molecular flexibility index (Phi) is 4.95. The number of methoxy groups -OCH3 is 1. The van der Waals surface area contributed by atoms with Crippen LogP contribution in [0.2, 0.25) is 5.02 Å². The molecule has 1 heterocycles. The molecule has 6 heteroatoms. The van der Waals surface area contributed by atoms with Crippen LogP contribution in [0, 0.1) is 5.82 Å². The lowest BCUT2D eigenvalue weighted by Crippen LogP contribution is -2.22. The third kappa shape index (κ3) is 3.61. The number of aromatic nitrogens is 1. The van der Waals surface area contributed by atoms with Crippen molar-refractivity contribution in [3.8, 4) is 17.0 Å². The van der Waals surface area contributed by atoms with E-state index in [1.165, 1.54) is 13.0 Å². The van der Waals surface area contributed by atoms with Gasteiger partial charge >= 0.3 is 0 Å². The Hall–Kier alpha value is -2.53. The first-order valence-electron chi connectivity index (χ1n) is 7.88. The summed E-state index contributed by atoms with van der Waals surface area (Å²) in [6, 6.07) is 10.4. The molecule has 0 aliphatic rings. The van der Waals surface area contributed by atoms with E-state index in [9.17, 15) is 9.18 Å². The van der Waals surface area contributed by atoms with E-state index < -0.39 is 5.82 Å². The number of nitrogens with one attached hydrogen (secondary N) is 2. The van der Waals surface area contributed by atoms with Gasteiger partial charge < -0.3 is 15.0 Å². The highest BCUT2D eigenvalue weighted by molar-refractivity contribution is 6.31. The van der Waals surface area contributed by atoms with Gasteiger partial charge in [0.2, 0.25) is 5.91 Å². The SMILES string of the molecule is COc1ccc2[nH]c(-c3ccc(F)c(Cl)c3)c(CCNC(C)=O)c2c1. The lowest BCUT2D eigenvalue weighted by Gasteiger charge is -2.07. The molecule has 0 spiro atoms. The summed E-state index contributed by atoms with van der Waals surface area (Å²) in [7, 11) is 1.62. The number of H-pyrrole nitrogens is 1. The van der Waals surface area contributed by atoms with E-state index in [2.05, 4.69) is 10.3 Å². The van der Waals surface area contributed by atoms with Crippen LogP contribution in [-0.2, 0) is 11.2 Å². The Labute approximate surface area is 149 Å². The minimum atomic E-state index is -0.456. The van der Waals surface area contributed by atoms with Gasteiger partial charge in [-0.05, 0) is 53.9 Å². The third-order valence-electron chi connectivity index (χ3n) is 4.07. The molecule has 0 radical (unpaired) electrons. The topological polar surface area (TPSA) is 54.1 Å². The Morgan fingerprint density at radius 3 is 2.76 bits per heavy atom. The summed E-state index contributed by atoms with van der Waals surface area (Å²) >= 11 is 5.94. The molecule has 0 bridgehead atoms. The van der Waals surface area contributed by atoms with E-state index in [1.54, 1.807) is 19.2 Å².